The maximum Gasteiger partial charge on any atom is 0.338 e. The lowest BCUT2D eigenvalue weighted by Gasteiger charge is -2.39. The fraction of sp³-hybridized carbons (Fsp3) is 0.324. The molecule has 3 aromatic carbocycles. The zero-order valence-corrected chi connectivity index (χ0v) is 24.7. The highest BCUT2D eigenvalue weighted by Crippen LogP contribution is 2.33. The van der Waals surface area contributed by atoms with Crippen molar-refractivity contribution in [3.05, 3.63) is 120 Å². The van der Waals surface area contributed by atoms with E-state index < -0.39 is 73.7 Å². The van der Waals surface area contributed by atoms with Crippen molar-refractivity contribution in [1.29, 1.82) is 0 Å². The minimum Gasteiger partial charge on any atom is -0.459 e. The van der Waals surface area contributed by atoms with Crippen LogP contribution in [-0.4, -0.2) is 97.1 Å². The number of esters is 3. The minimum atomic E-state index is -1.51. The van der Waals surface area contributed by atoms with Gasteiger partial charge in [0.25, 0.3) is 0 Å². The molecule has 2 aliphatic heterocycles. The number of hydrogen-bond acceptors (Lipinski definition) is 12. The van der Waals surface area contributed by atoms with E-state index in [-0.39, 0.29) is 29.9 Å². The first-order valence-corrected chi connectivity index (χ1v) is 14.6. The minimum absolute atomic E-state index is 0.0284. The Bertz CT molecular complexity index is 1450. The van der Waals surface area contributed by atoms with E-state index in [4.69, 9.17) is 33.2 Å². The van der Waals surface area contributed by atoms with Crippen LogP contribution < -0.4 is 0 Å². The van der Waals surface area contributed by atoms with Crippen LogP contribution in [0.2, 0.25) is 0 Å². The maximum atomic E-state index is 13.3. The molecular formula is C34H34O12. The van der Waals surface area contributed by atoms with Gasteiger partial charge in [0.1, 0.15) is 31.0 Å². The van der Waals surface area contributed by atoms with Gasteiger partial charge in [-0.3, -0.25) is 0 Å². The van der Waals surface area contributed by atoms with Gasteiger partial charge in [0, 0.05) is 0 Å². The summed E-state index contributed by atoms with van der Waals surface area (Å²) in [6.45, 7) is 2.96. The van der Waals surface area contributed by atoms with Crippen LogP contribution in [0.1, 0.15) is 31.1 Å². The smallest absolute Gasteiger partial charge is 0.338 e. The van der Waals surface area contributed by atoms with E-state index >= 15 is 0 Å². The van der Waals surface area contributed by atoms with Crippen LogP contribution in [0.4, 0.5) is 0 Å². The van der Waals surface area contributed by atoms with Crippen LogP contribution in [0.15, 0.2) is 104 Å². The number of hydrogen-bond donors (Lipinski definition) is 2. The Labute approximate surface area is 265 Å². The molecular weight excluding hydrogens is 600 g/mol. The van der Waals surface area contributed by atoms with Crippen molar-refractivity contribution in [3.63, 3.8) is 0 Å². The Morgan fingerprint density at radius 1 is 0.739 bits per heavy atom. The molecule has 46 heavy (non-hydrogen) atoms. The van der Waals surface area contributed by atoms with Gasteiger partial charge in [0.2, 0.25) is 0 Å². The molecule has 2 saturated heterocycles. The zero-order chi connectivity index (χ0) is 32.5. The third-order valence-corrected chi connectivity index (χ3v) is 7.26. The molecule has 0 bridgehead atoms. The standard InChI is InChI=1S/C34H34O12/c1-2-18-40-33-28(26(36)24(35)19-42-33)46-34-29(45-32(39)23-16-10-5-11-17-23)27(44-31(38)22-14-8-4-9-15-22)25(43-34)20-41-30(37)21-12-6-3-7-13-21/h2-17,24-29,33-36H,1,18-20H2/t24-,25+,26+,27+,28-,29-,33-,34+/m1/s1. The van der Waals surface area contributed by atoms with Crippen molar-refractivity contribution >= 4 is 17.9 Å². The average molecular weight is 635 g/mol. The van der Waals surface area contributed by atoms with E-state index in [1.165, 1.54) is 18.2 Å². The van der Waals surface area contributed by atoms with Crippen LogP contribution in [0.3, 0.4) is 0 Å². The Hall–Kier alpha value is -4.43. The summed E-state index contributed by atoms with van der Waals surface area (Å²) in [5, 5.41) is 21.2. The van der Waals surface area contributed by atoms with Gasteiger partial charge in [0.05, 0.1) is 29.9 Å². The molecule has 3 aromatic rings. The van der Waals surface area contributed by atoms with Gasteiger partial charge in [-0.2, -0.15) is 0 Å². The lowest BCUT2D eigenvalue weighted by Crippen LogP contribution is -2.57. The Morgan fingerprint density at radius 3 is 1.80 bits per heavy atom. The normalized spacial score (nSPS) is 27.3. The fourth-order valence-corrected chi connectivity index (χ4v) is 4.92. The van der Waals surface area contributed by atoms with E-state index in [1.54, 1.807) is 78.9 Å². The van der Waals surface area contributed by atoms with Crippen LogP contribution in [0, 0.1) is 0 Å². The number of benzene rings is 3. The summed E-state index contributed by atoms with van der Waals surface area (Å²) >= 11 is 0. The van der Waals surface area contributed by atoms with Crippen LogP contribution >= 0.6 is 0 Å². The number of aliphatic hydroxyl groups is 2. The fourth-order valence-electron chi connectivity index (χ4n) is 4.92. The molecule has 0 radical (unpaired) electrons. The van der Waals surface area contributed by atoms with Gasteiger partial charge in [-0.1, -0.05) is 60.7 Å². The second-order valence-corrected chi connectivity index (χ2v) is 10.5. The second-order valence-electron chi connectivity index (χ2n) is 10.5. The molecule has 12 heteroatoms. The summed E-state index contributed by atoms with van der Waals surface area (Å²) in [4.78, 5) is 39.4. The monoisotopic (exact) mass is 634 g/mol. The molecule has 2 fully saturated rings. The molecule has 0 aliphatic carbocycles. The quantitative estimate of drug-likeness (QED) is 0.171. The summed E-state index contributed by atoms with van der Waals surface area (Å²) < 4.78 is 40.6. The first kappa shape index (κ1) is 32.9. The van der Waals surface area contributed by atoms with Crippen molar-refractivity contribution in [2.45, 2.75) is 49.2 Å². The summed E-state index contributed by atoms with van der Waals surface area (Å²) in [7, 11) is 0. The van der Waals surface area contributed by atoms with Gasteiger partial charge < -0.3 is 43.4 Å². The number of rotatable bonds is 12. The van der Waals surface area contributed by atoms with E-state index in [0.717, 1.165) is 0 Å². The number of aliphatic hydroxyl groups excluding tert-OH is 2. The SMILES string of the molecule is C=CCO[C@@H]1OC[C@@H](O)[C@H](O)[C@H]1O[C@@H]1O[C@@H](COC(=O)c2ccccc2)[C@H](OC(=O)c2ccccc2)[C@H]1OC(=O)c1ccccc1. The molecule has 5 rings (SSSR count). The van der Waals surface area contributed by atoms with E-state index in [1.807, 2.05) is 0 Å². The molecule has 242 valence electrons. The van der Waals surface area contributed by atoms with E-state index in [0.29, 0.717) is 0 Å². The molecule has 2 heterocycles. The molecule has 0 spiro atoms. The molecule has 0 aromatic heterocycles. The molecule has 2 aliphatic rings. The maximum absolute atomic E-state index is 13.3. The molecule has 0 unspecified atom stereocenters. The predicted molar refractivity (Wildman–Crippen MR) is 159 cm³/mol. The van der Waals surface area contributed by atoms with Gasteiger partial charge in [-0.15, -0.1) is 6.58 Å². The lowest BCUT2D eigenvalue weighted by molar-refractivity contribution is -0.315. The predicted octanol–water partition coefficient (Wildman–Crippen LogP) is 2.69. The zero-order valence-electron chi connectivity index (χ0n) is 24.7. The van der Waals surface area contributed by atoms with E-state index in [2.05, 4.69) is 6.58 Å². The number of carbonyl (C=O) groups excluding carboxylic acids is 3. The van der Waals surface area contributed by atoms with Crippen LogP contribution in [-0.2, 0) is 33.2 Å². The van der Waals surface area contributed by atoms with Gasteiger partial charge in [0.15, 0.2) is 24.8 Å². The highest BCUT2D eigenvalue weighted by Gasteiger charge is 2.54. The highest BCUT2D eigenvalue weighted by molar-refractivity contribution is 5.91. The summed E-state index contributed by atoms with van der Waals surface area (Å²) in [6.07, 6.45) is -9.39. The van der Waals surface area contributed by atoms with Gasteiger partial charge in [-0.05, 0) is 36.4 Å². The van der Waals surface area contributed by atoms with Crippen molar-refractivity contribution in [1.82, 2.24) is 0 Å². The molecule has 0 amide bonds. The number of ether oxygens (including phenoxy) is 7. The lowest BCUT2D eigenvalue weighted by atomic mass is 10.0. The van der Waals surface area contributed by atoms with Crippen molar-refractivity contribution in [2.24, 2.45) is 0 Å². The van der Waals surface area contributed by atoms with E-state index in [9.17, 15) is 24.6 Å². The Morgan fingerprint density at radius 2 is 1.26 bits per heavy atom. The summed E-state index contributed by atoms with van der Waals surface area (Å²) in [6, 6.07) is 24.4. The third-order valence-electron chi connectivity index (χ3n) is 7.26. The molecule has 2 N–H and O–H groups in total. The molecule has 12 nitrogen and oxygen atoms in total. The van der Waals surface area contributed by atoms with Crippen LogP contribution in [0.5, 0.6) is 0 Å². The summed E-state index contributed by atoms with van der Waals surface area (Å²) in [5.41, 5.74) is 0.672. The third kappa shape index (κ3) is 8.04. The largest absolute Gasteiger partial charge is 0.459 e. The first-order chi connectivity index (χ1) is 22.4. The van der Waals surface area contributed by atoms with Gasteiger partial charge in [-0.25, -0.2) is 14.4 Å². The van der Waals surface area contributed by atoms with Crippen molar-refractivity contribution in [2.75, 3.05) is 19.8 Å². The first-order valence-electron chi connectivity index (χ1n) is 14.6. The number of carbonyl (C=O) groups is 3. The Balaban J connectivity index is 1.46. The van der Waals surface area contributed by atoms with Gasteiger partial charge >= 0.3 is 17.9 Å². The van der Waals surface area contributed by atoms with Crippen molar-refractivity contribution in [3.8, 4) is 0 Å². The Kier molecular flexibility index (Phi) is 11.3. The van der Waals surface area contributed by atoms with Crippen LogP contribution in [0.25, 0.3) is 0 Å². The second kappa shape index (κ2) is 15.7. The van der Waals surface area contributed by atoms with Crippen molar-refractivity contribution < 1.29 is 57.8 Å². The molecule has 0 saturated carbocycles. The topological polar surface area (TPSA) is 156 Å². The molecule has 8 atom stereocenters. The average Bonchev–Trinajstić information content (AvgIpc) is 3.40. The highest BCUT2D eigenvalue weighted by atomic mass is 16.8. The summed E-state index contributed by atoms with van der Waals surface area (Å²) in [5.74, 6) is -2.22.